The highest BCUT2D eigenvalue weighted by atomic mass is 16.2. The average Bonchev–Trinajstić information content (AvgIpc) is 3.30. The molecule has 0 spiro atoms. The zero-order valence-electron chi connectivity index (χ0n) is 15.3. The second-order valence-corrected chi connectivity index (χ2v) is 7.83. The zero-order valence-corrected chi connectivity index (χ0v) is 15.3. The largest absolute Gasteiger partial charge is 0.341 e. The van der Waals surface area contributed by atoms with E-state index < -0.39 is 0 Å². The predicted molar refractivity (Wildman–Crippen MR) is 95.9 cm³/mol. The molecule has 136 valence electrons. The van der Waals surface area contributed by atoms with E-state index in [4.69, 9.17) is 5.10 Å². The van der Waals surface area contributed by atoms with Crippen LogP contribution in [0.4, 0.5) is 0 Å². The summed E-state index contributed by atoms with van der Waals surface area (Å²) in [4.78, 5) is 21.1. The van der Waals surface area contributed by atoms with Crippen molar-refractivity contribution in [2.24, 2.45) is 0 Å². The Morgan fingerprint density at radius 3 is 2.62 bits per heavy atom. The fourth-order valence-corrected chi connectivity index (χ4v) is 3.34. The number of aromatic nitrogens is 6. The van der Waals surface area contributed by atoms with Gasteiger partial charge in [0, 0.05) is 24.4 Å². The minimum atomic E-state index is -0.0322. The number of amides is 1. The lowest BCUT2D eigenvalue weighted by Crippen LogP contribution is -2.38. The molecule has 1 aliphatic rings. The van der Waals surface area contributed by atoms with E-state index in [0.717, 1.165) is 30.0 Å². The minimum absolute atomic E-state index is 0.000181. The molecule has 0 atom stereocenters. The first kappa shape index (κ1) is 16.7. The summed E-state index contributed by atoms with van der Waals surface area (Å²) >= 11 is 0. The molecule has 4 rings (SSSR count). The number of fused-ring (bicyclic) bond motifs is 1. The third kappa shape index (κ3) is 2.95. The monoisotopic (exact) mass is 353 g/mol. The van der Waals surface area contributed by atoms with Crippen molar-refractivity contribution in [3.05, 3.63) is 41.9 Å². The number of imidazole rings is 1. The van der Waals surface area contributed by atoms with Crippen LogP contribution in [-0.4, -0.2) is 53.7 Å². The lowest BCUT2D eigenvalue weighted by Gasteiger charge is -2.30. The summed E-state index contributed by atoms with van der Waals surface area (Å²) < 4.78 is 1.87. The molecule has 1 amide bonds. The van der Waals surface area contributed by atoms with Crippen molar-refractivity contribution in [2.45, 2.75) is 44.9 Å². The van der Waals surface area contributed by atoms with Crippen LogP contribution in [0.5, 0.6) is 0 Å². The smallest absolute Gasteiger partial charge is 0.271 e. The number of carbonyl (C=O) groups excluding carboxylic acids is 1. The van der Waals surface area contributed by atoms with Crippen LogP contribution in [-0.2, 0) is 5.41 Å². The Labute approximate surface area is 151 Å². The van der Waals surface area contributed by atoms with Crippen molar-refractivity contribution in [1.82, 2.24) is 34.7 Å². The van der Waals surface area contributed by atoms with Crippen molar-refractivity contribution in [3.63, 3.8) is 0 Å². The topological polar surface area (TPSA) is 92.1 Å². The summed E-state index contributed by atoms with van der Waals surface area (Å²) in [7, 11) is 0. The molecule has 3 aromatic rings. The predicted octanol–water partition coefficient (Wildman–Crippen LogP) is 2.16. The van der Waals surface area contributed by atoms with Gasteiger partial charge in [0.1, 0.15) is 5.69 Å². The molecule has 0 saturated carbocycles. The molecule has 1 fully saturated rings. The van der Waals surface area contributed by atoms with Crippen LogP contribution in [0, 0.1) is 0 Å². The van der Waals surface area contributed by atoms with E-state index in [9.17, 15) is 4.79 Å². The number of H-pyrrole nitrogens is 1. The zero-order chi connectivity index (χ0) is 18.3. The van der Waals surface area contributed by atoms with Crippen LogP contribution >= 0.6 is 0 Å². The third-order valence-electron chi connectivity index (χ3n) is 4.93. The maximum absolute atomic E-state index is 12.4. The number of aromatic amines is 1. The summed E-state index contributed by atoms with van der Waals surface area (Å²) in [6.45, 7) is 7.81. The Bertz CT molecular complexity index is 915. The van der Waals surface area contributed by atoms with Gasteiger partial charge in [0.05, 0.1) is 18.2 Å². The van der Waals surface area contributed by atoms with Crippen LogP contribution in [0.25, 0.3) is 5.65 Å². The fraction of sp³-hybridized carbons (Fsp3) is 0.500. The molecular formula is C18H23N7O. The summed E-state index contributed by atoms with van der Waals surface area (Å²) in [6, 6.07) is 3.99. The van der Waals surface area contributed by atoms with Gasteiger partial charge in [-0.3, -0.25) is 4.79 Å². The molecule has 0 aromatic carbocycles. The number of hydrogen-bond acceptors (Lipinski definition) is 5. The molecule has 1 saturated heterocycles. The van der Waals surface area contributed by atoms with Gasteiger partial charge in [0.15, 0.2) is 11.5 Å². The normalized spacial score (nSPS) is 16.3. The van der Waals surface area contributed by atoms with Gasteiger partial charge in [-0.05, 0) is 25.0 Å². The third-order valence-corrected chi connectivity index (χ3v) is 4.93. The Morgan fingerprint density at radius 1 is 1.19 bits per heavy atom. The Kier molecular flexibility index (Phi) is 3.97. The first-order chi connectivity index (χ1) is 12.4. The average molecular weight is 353 g/mol. The molecule has 8 heteroatoms. The molecule has 8 nitrogen and oxygen atoms in total. The van der Waals surface area contributed by atoms with Gasteiger partial charge in [-0.25, -0.2) is 4.98 Å². The van der Waals surface area contributed by atoms with E-state index in [1.54, 1.807) is 6.20 Å². The lowest BCUT2D eigenvalue weighted by atomic mass is 9.92. The van der Waals surface area contributed by atoms with Crippen LogP contribution in [0.3, 0.4) is 0 Å². The molecule has 1 aliphatic heterocycles. The number of rotatable bonds is 2. The molecule has 4 heterocycles. The maximum Gasteiger partial charge on any atom is 0.271 e. The summed E-state index contributed by atoms with van der Waals surface area (Å²) in [5.74, 6) is 1.14. The summed E-state index contributed by atoms with van der Waals surface area (Å²) in [5, 5.41) is 13.4. The first-order valence-corrected chi connectivity index (χ1v) is 8.94. The van der Waals surface area contributed by atoms with Crippen molar-refractivity contribution in [2.75, 3.05) is 13.1 Å². The molecule has 3 aromatic heterocycles. The standard InChI is InChI=1S/C18H23N7O/c1-18(2,3)14-4-5-15-21-22-16(25(15)23-14)12-6-8-24(9-7-12)17(26)13-10-19-11-20-13/h4-5,10-12H,6-9H2,1-3H3,(H,19,20). The number of carbonyl (C=O) groups is 1. The molecule has 0 radical (unpaired) electrons. The summed E-state index contributed by atoms with van der Waals surface area (Å²) in [6.07, 6.45) is 4.80. The molecule has 0 unspecified atom stereocenters. The second-order valence-electron chi connectivity index (χ2n) is 7.83. The van der Waals surface area contributed by atoms with E-state index >= 15 is 0 Å². The van der Waals surface area contributed by atoms with Gasteiger partial charge in [-0.1, -0.05) is 20.8 Å². The second kappa shape index (κ2) is 6.19. The van der Waals surface area contributed by atoms with Crippen LogP contribution < -0.4 is 0 Å². The molecular weight excluding hydrogens is 330 g/mol. The van der Waals surface area contributed by atoms with E-state index in [0.29, 0.717) is 18.8 Å². The van der Waals surface area contributed by atoms with Crippen molar-refractivity contribution in [1.29, 1.82) is 0 Å². The summed E-state index contributed by atoms with van der Waals surface area (Å²) in [5.41, 5.74) is 2.28. The SMILES string of the molecule is CC(C)(C)c1ccc2nnc(C3CCN(C(=O)c4cnc[nH]4)CC3)n2n1. The number of hydrogen-bond donors (Lipinski definition) is 1. The van der Waals surface area contributed by atoms with E-state index in [2.05, 4.69) is 40.9 Å². The lowest BCUT2D eigenvalue weighted by molar-refractivity contribution is 0.0705. The van der Waals surface area contributed by atoms with Gasteiger partial charge in [0.25, 0.3) is 5.91 Å². The minimum Gasteiger partial charge on any atom is -0.341 e. The van der Waals surface area contributed by atoms with Crippen LogP contribution in [0.2, 0.25) is 0 Å². The van der Waals surface area contributed by atoms with E-state index in [-0.39, 0.29) is 17.2 Å². The van der Waals surface area contributed by atoms with Crippen molar-refractivity contribution >= 4 is 11.6 Å². The maximum atomic E-state index is 12.4. The van der Waals surface area contributed by atoms with Gasteiger partial charge in [-0.2, -0.15) is 9.61 Å². The van der Waals surface area contributed by atoms with E-state index in [1.165, 1.54) is 6.33 Å². The fourth-order valence-electron chi connectivity index (χ4n) is 3.34. The molecule has 1 N–H and O–H groups in total. The van der Waals surface area contributed by atoms with Gasteiger partial charge < -0.3 is 9.88 Å². The highest BCUT2D eigenvalue weighted by molar-refractivity contribution is 5.92. The number of nitrogens with zero attached hydrogens (tertiary/aromatic N) is 6. The Hall–Kier alpha value is -2.77. The highest BCUT2D eigenvalue weighted by Gasteiger charge is 2.28. The van der Waals surface area contributed by atoms with Gasteiger partial charge >= 0.3 is 0 Å². The first-order valence-electron chi connectivity index (χ1n) is 8.94. The van der Waals surface area contributed by atoms with Crippen LogP contribution in [0.15, 0.2) is 24.7 Å². The van der Waals surface area contributed by atoms with Gasteiger partial charge in [-0.15, -0.1) is 10.2 Å². The molecule has 0 bridgehead atoms. The van der Waals surface area contributed by atoms with Crippen LogP contribution in [0.1, 0.15) is 61.5 Å². The number of likely N-dealkylation sites (tertiary alicyclic amines) is 1. The van der Waals surface area contributed by atoms with Crippen molar-refractivity contribution in [3.8, 4) is 0 Å². The Morgan fingerprint density at radius 2 is 1.96 bits per heavy atom. The molecule has 0 aliphatic carbocycles. The Balaban J connectivity index is 1.53. The van der Waals surface area contributed by atoms with Gasteiger partial charge in [0.2, 0.25) is 0 Å². The molecule has 26 heavy (non-hydrogen) atoms. The number of piperidine rings is 1. The number of nitrogens with one attached hydrogen (secondary N) is 1. The highest BCUT2D eigenvalue weighted by Crippen LogP contribution is 2.28. The quantitative estimate of drug-likeness (QED) is 0.762. The van der Waals surface area contributed by atoms with E-state index in [1.807, 2.05) is 21.5 Å². The van der Waals surface area contributed by atoms with Crippen molar-refractivity contribution < 1.29 is 4.79 Å².